The van der Waals surface area contributed by atoms with Crippen LogP contribution in [0.3, 0.4) is 0 Å². The molecule has 6 heteroatoms. The van der Waals surface area contributed by atoms with Crippen LogP contribution in [0.25, 0.3) is 22.0 Å². The average Bonchev–Trinajstić information content (AvgIpc) is 3.08. The molecule has 0 spiro atoms. The smallest absolute Gasteiger partial charge is 0.238 e. The van der Waals surface area contributed by atoms with Crippen LogP contribution in [0.1, 0.15) is 24.1 Å². The van der Waals surface area contributed by atoms with E-state index < -0.39 is 5.92 Å². The molecular weight excluding hydrogens is 410 g/mol. The molecule has 0 fully saturated rings. The second-order valence-corrected chi connectivity index (χ2v) is 7.94. The lowest BCUT2D eigenvalue weighted by atomic mass is 9.93. The number of halogens is 1. The van der Waals surface area contributed by atoms with Gasteiger partial charge in [0, 0.05) is 23.7 Å². The molecule has 4 aromatic rings. The molecule has 0 bridgehead atoms. The quantitative estimate of drug-likeness (QED) is 0.447. The number of nitrogens with zero attached hydrogens (tertiary/aromatic N) is 1. The van der Waals surface area contributed by atoms with Gasteiger partial charge >= 0.3 is 0 Å². The predicted molar refractivity (Wildman–Crippen MR) is 123 cm³/mol. The van der Waals surface area contributed by atoms with E-state index in [0.717, 1.165) is 39.0 Å². The minimum atomic E-state index is -0.532. The fourth-order valence-electron chi connectivity index (χ4n) is 3.98. The Balaban J connectivity index is 1.55. The number of anilines is 2. The Labute approximate surface area is 184 Å². The minimum Gasteiger partial charge on any atom is -0.326 e. The second kappa shape index (κ2) is 7.52. The molecule has 31 heavy (non-hydrogen) atoms. The molecule has 2 heterocycles. The summed E-state index contributed by atoms with van der Waals surface area (Å²) in [6.07, 6.45) is 0. The first-order valence-electron chi connectivity index (χ1n) is 9.87. The van der Waals surface area contributed by atoms with Crippen LogP contribution >= 0.6 is 11.6 Å². The van der Waals surface area contributed by atoms with Gasteiger partial charge in [-0.1, -0.05) is 48.0 Å². The molecule has 1 aliphatic heterocycles. The van der Waals surface area contributed by atoms with Crippen molar-refractivity contribution in [3.8, 4) is 11.1 Å². The number of benzene rings is 3. The van der Waals surface area contributed by atoms with Crippen LogP contribution < -0.4 is 10.6 Å². The van der Waals surface area contributed by atoms with Crippen molar-refractivity contribution in [2.24, 2.45) is 0 Å². The molecule has 2 N–H and O–H groups in total. The Morgan fingerprint density at radius 2 is 1.74 bits per heavy atom. The van der Waals surface area contributed by atoms with Gasteiger partial charge in [-0.2, -0.15) is 0 Å². The average molecular weight is 428 g/mol. The number of hydrogen-bond acceptors (Lipinski definition) is 3. The van der Waals surface area contributed by atoms with Gasteiger partial charge < -0.3 is 10.6 Å². The van der Waals surface area contributed by atoms with Gasteiger partial charge in [0.25, 0.3) is 0 Å². The largest absolute Gasteiger partial charge is 0.326 e. The van der Waals surface area contributed by atoms with E-state index in [1.165, 1.54) is 6.92 Å². The number of fused-ring (bicyclic) bond motifs is 2. The molecule has 0 aliphatic carbocycles. The molecule has 152 valence electrons. The number of nitrogens with one attached hydrogen (secondary N) is 2. The number of pyridine rings is 1. The highest BCUT2D eigenvalue weighted by molar-refractivity contribution is 6.35. The van der Waals surface area contributed by atoms with Gasteiger partial charge in [-0.05, 0) is 53.1 Å². The van der Waals surface area contributed by atoms with Crippen LogP contribution in [0, 0.1) is 0 Å². The van der Waals surface area contributed by atoms with Gasteiger partial charge in [-0.25, -0.2) is 0 Å². The molecule has 1 unspecified atom stereocenters. The summed E-state index contributed by atoms with van der Waals surface area (Å²) in [6, 6.07) is 22.9. The van der Waals surface area contributed by atoms with E-state index in [2.05, 4.69) is 10.6 Å². The van der Waals surface area contributed by atoms with Gasteiger partial charge in [-0.15, -0.1) is 0 Å². The zero-order chi connectivity index (χ0) is 21.5. The summed E-state index contributed by atoms with van der Waals surface area (Å²) in [5.41, 5.74) is 5.73. The third kappa shape index (κ3) is 3.53. The number of carbonyl (C=O) groups excluding carboxylic acids is 2. The number of hydrogen-bond donors (Lipinski definition) is 2. The summed E-state index contributed by atoms with van der Waals surface area (Å²) >= 11 is 6.49. The summed E-state index contributed by atoms with van der Waals surface area (Å²) < 4.78 is 0. The Hall–Kier alpha value is -3.70. The zero-order valence-corrected chi connectivity index (χ0v) is 17.4. The van der Waals surface area contributed by atoms with Crippen LogP contribution in [0.4, 0.5) is 11.4 Å². The highest BCUT2D eigenvalue weighted by Crippen LogP contribution is 2.40. The summed E-state index contributed by atoms with van der Waals surface area (Å²) in [6.45, 7) is 1.48. The van der Waals surface area contributed by atoms with Crippen molar-refractivity contribution >= 4 is 45.7 Å². The number of rotatable bonds is 3. The first kappa shape index (κ1) is 19.3. The molecule has 3 aromatic carbocycles. The maximum Gasteiger partial charge on any atom is 0.238 e. The fourth-order valence-corrected chi connectivity index (χ4v) is 4.26. The van der Waals surface area contributed by atoms with Crippen LogP contribution in [0.2, 0.25) is 5.02 Å². The van der Waals surface area contributed by atoms with Crippen molar-refractivity contribution in [1.82, 2.24) is 4.98 Å². The lowest BCUT2D eigenvalue weighted by molar-refractivity contribution is -0.116. The summed E-state index contributed by atoms with van der Waals surface area (Å²) in [5.74, 6) is -0.762. The van der Waals surface area contributed by atoms with Crippen LogP contribution in [-0.2, 0) is 9.59 Å². The summed E-state index contributed by atoms with van der Waals surface area (Å²) in [7, 11) is 0. The molecule has 5 nitrogen and oxygen atoms in total. The SMILES string of the molecule is CC(=O)Nc1ccc(-c2ccc3c(c2)C(c2cc(Cl)c4ccccc4n2)C(=O)N3)cc1. The lowest BCUT2D eigenvalue weighted by Crippen LogP contribution is -2.14. The lowest BCUT2D eigenvalue weighted by Gasteiger charge is -2.12. The monoisotopic (exact) mass is 427 g/mol. The molecule has 1 aliphatic rings. The Morgan fingerprint density at radius 3 is 2.52 bits per heavy atom. The number of aromatic nitrogens is 1. The van der Waals surface area contributed by atoms with Crippen molar-refractivity contribution in [3.63, 3.8) is 0 Å². The van der Waals surface area contributed by atoms with Gasteiger partial charge in [0.2, 0.25) is 11.8 Å². The van der Waals surface area contributed by atoms with E-state index in [0.29, 0.717) is 10.7 Å². The molecule has 0 saturated heterocycles. The maximum atomic E-state index is 12.8. The van der Waals surface area contributed by atoms with Gasteiger partial charge in [0.15, 0.2) is 0 Å². The van der Waals surface area contributed by atoms with E-state index in [1.807, 2.05) is 66.7 Å². The Morgan fingerprint density at radius 1 is 1.00 bits per heavy atom. The highest BCUT2D eigenvalue weighted by atomic mass is 35.5. The van der Waals surface area contributed by atoms with Gasteiger partial charge in [0.1, 0.15) is 5.92 Å². The third-order valence-electron chi connectivity index (χ3n) is 5.40. The minimum absolute atomic E-state index is 0.112. The van der Waals surface area contributed by atoms with E-state index in [9.17, 15) is 9.59 Å². The van der Waals surface area contributed by atoms with E-state index in [1.54, 1.807) is 6.07 Å². The van der Waals surface area contributed by atoms with E-state index in [-0.39, 0.29) is 11.8 Å². The topological polar surface area (TPSA) is 71.1 Å². The number of carbonyl (C=O) groups is 2. The Kier molecular flexibility index (Phi) is 4.68. The highest BCUT2D eigenvalue weighted by Gasteiger charge is 2.33. The van der Waals surface area contributed by atoms with Crippen molar-refractivity contribution in [2.75, 3.05) is 10.6 Å². The molecular formula is C25H18ClN3O2. The first-order valence-corrected chi connectivity index (χ1v) is 10.3. The molecule has 1 aromatic heterocycles. The standard InChI is InChI=1S/C25H18ClN3O2/c1-14(30)27-17-9-6-15(7-10-17)16-8-11-22-19(12-16)24(25(31)29-22)23-13-20(26)18-4-2-3-5-21(18)28-23/h2-13,24H,1H3,(H,27,30)(H,29,31). The van der Waals surface area contributed by atoms with Gasteiger partial charge in [-0.3, -0.25) is 14.6 Å². The van der Waals surface area contributed by atoms with Crippen molar-refractivity contribution in [1.29, 1.82) is 0 Å². The van der Waals surface area contributed by atoms with E-state index in [4.69, 9.17) is 16.6 Å². The van der Waals surface area contributed by atoms with Crippen LogP contribution in [0.15, 0.2) is 72.8 Å². The molecule has 2 amide bonds. The van der Waals surface area contributed by atoms with Crippen LogP contribution in [0.5, 0.6) is 0 Å². The van der Waals surface area contributed by atoms with Gasteiger partial charge in [0.05, 0.1) is 16.2 Å². The maximum absolute atomic E-state index is 12.8. The zero-order valence-electron chi connectivity index (χ0n) is 16.6. The second-order valence-electron chi connectivity index (χ2n) is 7.53. The van der Waals surface area contributed by atoms with Crippen molar-refractivity contribution < 1.29 is 9.59 Å². The fraction of sp³-hybridized carbons (Fsp3) is 0.0800. The number of amides is 2. The van der Waals surface area contributed by atoms with E-state index >= 15 is 0 Å². The third-order valence-corrected chi connectivity index (χ3v) is 5.72. The Bertz CT molecular complexity index is 1350. The summed E-state index contributed by atoms with van der Waals surface area (Å²) in [4.78, 5) is 28.8. The normalized spacial score (nSPS) is 14.9. The molecule has 0 radical (unpaired) electrons. The predicted octanol–water partition coefficient (Wildman–Crippen LogP) is 5.60. The van der Waals surface area contributed by atoms with Crippen LogP contribution in [-0.4, -0.2) is 16.8 Å². The van der Waals surface area contributed by atoms with Crippen molar-refractivity contribution in [2.45, 2.75) is 12.8 Å². The molecule has 1 atom stereocenters. The molecule has 5 rings (SSSR count). The molecule has 0 saturated carbocycles. The number of para-hydroxylation sites is 1. The van der Waals surface area contributed by atoms with Crippen molar-refractivity contribution in [3.05, 3.63) is 89.1 Å². The first-order chi connectivity index (χ1) is 15.0. The summed E-state index contributed by atoms with van der Waals surface area (Å²) in [5, 5.41) is 7.15.